The molecule has 2 aromatic heterocycles. The third-order valence-corrected chi connectivity index (χ3v) is 18.2. The first kappa shape index (κ1) is 50.2. The lowest BCUT2D eigenvalue weighted by molar-refractivity contribution is -0.384. The van der Waals surface area contributed by atoms with Crippen LogP contribution in [0.2, 0.25) is 0 Å². The van der Waals surface area contributed by atoms with E-state index in [0.717, 1.165) is 81.8 Å². The molecule has 0 radical (unpaired) electrons. The number of aromatic amines is 1. The summed E-state index contributed by atoms with van der Waals surface area (Å²) in [4.78, 5) is 38.8. The molecular formula is C56H69N7O10S. The van der Waals surface area contributed by atoms with Gasteiger partial charge in [-0.2, -0.15) is 4.98 Å². The van der Waals surface area contributed by atoms with Crippen LogP contribution in [0.15, 0.2) is 77.8 Å². The molecule has 11 rings (SSSR count). The van der Waals surface area contributed by atoms with Gasteiger partial charge < -0.3 is 38.9 Å². The Labute approximate surface area is 433 Å². The Hall–Kier alpha value is -5.95. The molecule has 4 atom stereocenters. The van der Waals surface area contributed by atoms with Crippen LogP contribution in [0.5, 0.6) is 23.1 Å². The molecular weight excluding hydrogens is 963 g/mol. The molecule has 3 aromatic carbocycles. The van der Waals surface area contributed by atoms with Crippen LogP contribution < -0.4 is 29.1 Å². The van der Waals surface area contributed by atoms with Crippen LogP contribution in [-0.4, -0.2) is 112 Å². The molecule has 6 heterocycles. The smallest absolute Gasteiger partial charge is 0.297 e. The molecule has 74 heavy (non-hydrogen) atoms. The van der Waals surface area contributed by atoms with E-state index in [1.807, 2.05) is 12.1 Å². The second kappa shape index (κ2) is 20.3. The van der Waals surface area contributed by atoms with Crippen molar-refractivity contribution in [2.24, 2.45) is 16.7 Å². The number of fused-ring (bicyclic) bond motifs is 2. The second-order valence-electron chi connectivity index (χ2n) is 22.7. The van der Waals surface area contributed by atoms with E-state index in [1.54, 1.807) is 24.4 Å². The van der Waals surface area contributed by atoms with E-state index in [-0.39, 0.29) is 76.5 Å². The van der Waals surface area contributed by atoms with Gasteiger partial charge in [-0.3, -0.25) is 19.8 Å². The number of aromatic nitrogens is 2. The van der Waals surface area contributed by atoms with Crippen molar-refractivity contribution in [3.05, 3.63) is 99.7 Å². The maximum Gasteiger partial charge on any atom is 0.297 e. The Morgan fingerprint density at radius 2 is 1.76 bits per heavy atom. The van der Waals surface area contributed by atoms with Gasteiger partial charge >= 0.3 is 0 Å². The lowest BCUT2D eigenvalue weighted by Crippen LogP contribution is -2.63. The quantitative estimate of drug-likeness (QED) is 0.0701. The molecule has 1 spiro atoms. The Bertz CT molecular complexity index is 3000. The van der Waals surface area contributed by atoms with Crippen molar-refractivity contribution in [1.29, 1.82) is 0 Å². The van der Waals surface area contributed by atoms with Gasteiger partial charge in [-0.25, -0.2) is 13.1 Å². The number of nitrogens with one attached hydrogen (secondary N) is 3. The predicted molar refractivity (Wildman–Crippen MR) is 281 cm³/mol. The summed E-state index contributed by atoms with van der Waals surface area (Å²) in [7, 11) is -4.71. The van der Waals surface area contributed by atoms with Gasteiger partial charge in [-0.05, 0) is 115 Å². The van der Waals surface area contributed by atoms with Crippen LogP contribution in [0, 0.1) is 26.9 Å². The number of piperidine rings is 1. The molecule has 0 bridgehead atoms. The average molecular weight is 1030 g/mol. The molecule has 394 valence electrons. The summed E-state index contributed by atoms with van der Waals surface area (Å²) in [5.74, 6) is 0.727. The maximum atomic E-state index is 14.5. The molecule has 5 aromatic rings. The lowest BCUT2D eigenvalue weighted by atomic mass is 9.70. The molecule has 2 saturated carbocycles. The normalized spacial score (nSPS) is 23.9. The number of ether oxygens (including phenoxy) is 5. The number of rotatable bonds is 14. The van der Waals surface area contributed by atoms with Gasteiger partial charge in [0.15, 0.2) is 17.2 Å². The van der Waals surface area contributed by atoms with Crippen LogP contribution >= 0.6 is 0 Å². The fourth-order valence-electron chi connectivity index (χ4n) is 12.6. The number of hydrogen-bond acceptors (Lipinski definition) is 14. The molecule has 5 fully saturated rings. The third-order valence-electron chi connectivity index (χ3n) is 16.9. The minimum atomic E-state index is -4.71. The zero-order valence-electron chi connectivity index (χ0n) is 42.9. The minimum Gasteiger partial charge on any atom is -0.489 e. The number of nitro benzene ring substituents is 1. The fraction of sp³-hybridized carbons (Fsp3) is 0.536. The average Bonchev–Trinajstić information content (AvgIpc) is 4.07. The van der Waals surface area contributed by atoms with Crippen molar-refractivity contribution in [1.82, 2.24) is 19.6 Å². The zero-order valence-corrected chi connectivity index (χ0v) is 43.7. The fourth-order valence-corrected chi connectivity index (χ4v) is 13.6. The largest absolute Gasteiger partial charge is 0.489 e. The van der Waals surface area contributed by atoms with E-state index in [1.165, 1.54) is 36.5 Å². The standard InChI is InChI=1S/C56H69N7O10S/c1-35(2)41-8-5-6-9-42(41)43-10-7-11-46(43)62-33-56(34-62)19-22-61(23-20-56)38-12-13-44(48(27-38)73-50-26-37-16-21-57-52(37)59-54(50)72-31-39-30-69-24-25-70-39)53(64)60-74(67,68)40-28-47(63(65)66)51-49(29-40)71-32-45(58-51)36-14-17-55(3,4)18-15-36/h5-6,8-9,12-13,16,21,26-29,35-36,39,43,45-46,58H,7,10-11,14-15,17-20,22-25,30-34H2,1-4H3,(H,57,59)(H,60,64)/t39-,43-,45+,46-/m0/s1. The molecule has 0 unspecified atom stereocenters. The molecule has 2 aliphatic carbocycles. The van der Waals surface area contributed by atoms with Crippen LogP contribution in [0.4, 0.5) is 17.1 Å². The summed E-state index contributed by atoms with van der Waals surface area (Å²) in [5.41, 5.74) is 4.41. The van der Waals surface area contributed by atoms with Gasteiger partial charge in [0, 0.05) is 67.7 Å². The number of sulfonamides is 1. The van der Waals surface area contributed by atoms with Crippen molar-refractivity contribution in [2.75, 3.05) is 69.4 Å². The molecule has 18 heteroatoms. The molecule has 17 nitrogen and oxygen atoms in total. The highest BCUT2D eigenvalue weighted by molar-refractivity contribution is 7.90. The van der Waals surface area contributed by atoms with Gasteiger partial charge in [0.1, 0.15) is 30.7 Å². The molecule has 4 aliphatic heterocycles. The van der Waals surface area contributed by atoms with Gasteiger partial charge in [0.2, 0.25) is 0 Å². The van der Waals surface area contributed by atoms with E-state index >= 15 is 0 Å². The maximum absolute atomic E-state index is 14.5. The Morgan fingerprint density at radius 3 is 2.51 bits per heavy atom. The zero-order chi connectivity index (χ0) is 51.4. The number of nitro groups is 1. The van der Waals surface area contributed by atoms with Gasteiger partial charge in [0.05, 0.1) is 41.2 Å². The molecule has 3 saturated heterocycles. The summed E-state index contributed by atoms with van der Waals surface area (Å²) < 4.78 is 61.1. The van der Waals surface area contributed by atoms with Gasteiger partial charge in [0.25, 0.3) is 27.5 Å². The topological polar surface area (TPSA) is 200 Å². The number of pyridine rings is 1. The van der Waals surface area contributed by atoms with E-state index in [0.29, 0.717) is 43.3 Å². The highest BCUT2D eigenvalue weighted by Gasteiger charge is 2.49. The first-order chi connectivity index (χ1) is 35.6. The van der Waals surface area contributed by atoms with Gasteiger partial charge in [-0.1, -0.05) is 58.4 Å². The van der Waals surface area contributed by atoms with E-state index < -0.39 is 31.4 Å². The minimum absolute atomic E-state index is 0.0335. The number of benzene rings is 3. The first-order valence-electron chi connectivity index (χ1n) is 26.6. The number of likely N-dealkylation sites (tertiary alicyclic amines) is 1. The summed E-state index contributed by atoms with van der Waals surface area (Å²) in [6.45, 7) is 14.4. The summed E-state index contributed by atoms with van der Waals surface area (Å²) in [6, 6.07) is 20.3. The number of carbonyl (C=O) groups is 1. The number of anilines is 2. The molecule has 6 aliphatic rings. The highest BCUT2D eigenvalue weighted by Crippen LogP contribution is 2.50. The number of amides is 1. The number of H-pyrrole nitrogens is 1. The predicted octanol–water partition coefficient (Wildman–Crippen LogP) is 9.93. The highest BCUT2D eigenvalue weighted by atomic mass is 32.2. The van der Waals surface area contributed by atoms with Crippen molar-refractivity contribution in [2.45, 2.75) is 120 Å². The van der Waals surface area contributed by atoms with Crippen LogP contribution in [0.25, 0.3) is 11.0 Å². The van der Waals surface area contributed by atoms with Gasteiger partial charge in [-0.15, -0.1) is 0 Å². The molecule has 3 N–H and O–H groups in total. The first-order valence-corrected chi connectivity index (χ1v) is 28.1. The van der Waals surface area contributed by atoms with Crippen molar-refractivity contribution >= 4 is 44.0 Å². The van der Waals surface area contributed by atoms with Crippen LogP contribution in [0.1, 0.15) is 119 Å². The van der Waals surface area contributed by atoms with Crippen molar-refractivity contribution in [3.63, 3.8) is 0 Å². The summed E-state index contributed by atoms with van der Waals surface area (Å²) in [6.07, 6.45) is 11.1. The van der Waals surface area contributed by atoms with E-state index in [9.17, 15) is 23.3 Å². The number of nitrogens with zero attached hydrogens (tertiary/aromatic N) is 4. The van der Waals surface area contributed by atoms with E-state index in [2.05, 4.69) is 76.8 Å². The lowest BCUT2D eigenvalue weighted by Gasteiger charge is -2.57. The van der Waals surface area contributed by atoms with Crippen molar-refractivity contribution < 1.29 is 41.8 Å². The Morgan fingerprint density at radius 1 is 0.959 bits per heavy atom. The van der Waals surface area contributed by atoms with Crippen LogP contribution in [-0.2, 0) is 19.5 Å². The summed E-state index contributed by atoms with van der Waals surface area (Å²) >= 11 is 0. The van der Waals surface area contributed by atoms with Crippen molar-refractivity contribution in [3.8, 4) is 23.1 Å². The SMILES string of the molecule is CC(C)c1ccccc1[C@@H]1CCC[C@@H]1N1CC2(CCN(c3ccc(C(=O)NS(=O)(=O)c4cc5c(c([N+](=O)[O-])c4)N[C@@H](C4CCC(C)(C)CC4)CO5)c(Oc4cc5cc[nH]c5nc4OC[C@@H]4COCCO4)c3)CC2)C1. The third kappa shape index (κ3) is 10.3. The Kier molecular flexibility index (Phi) is 13.8. The number of carbonyl (C=O) groups excluding carboxylic acids is 1. The second-order valence-corrected chi connectivity index (χ2v) is 24.4. The summed E-state index contributed by atoms with van der Waals surface area (Å²) in [5, 5.41) is 16.6. The molecule has 1 amide bonds. The number of hydrogen-bond donors (Lipinski definition) is 3. The monoisotopic (exact) mass is 1030 g/mol. The Balaban J connectivity index is 0.843. The van der Waals surface area contributed by atoms with Crippen LogP contribution in [0.3, 0.4) is 0 Å². The van der Waals surface area contributed by atoms with E-state index in [4.69, 9.17) is 28.7 Å².